The molecule has 0 aromatic rings. The third kappa shape index (κ3) is 7.03. The Labute approximate surface area is 137 Å². The highest BCUT2D eigenvalue weighted by molar-refractivity contribution is 14.0. The molecule has 0 spiro atoms. The van der Waals surface area contributed by atoms with Gasteiger partial charge in [0.1, 0.15) is 0 Å². The van der Waals surface area contributed by atoms with Gasteiger partial charge in [-0.2, -0.15) is 11.8 Å². The Morgan fingerprint density at radius 3 is 2.53 bits per heavy atom. The molecule has 2 N–H and O–H groups in total. The maximum atomic E-state index is 11.4. The zero-order valence-electron chi connectivity index (χ0n) is 11.9. The van der Waals surface area contributed by atoms with Crippen molar-refractivity contribution in [3.8, 4) is 0 Å². The molecule has 0 aromatic heterocycles. The normalized spacial score (nSPS) is 22.7. The van der Waals surface area contributed by atoms with Crippen LogP contribution in [0.2, 0.25) is 0 Å². The molecule has 1 atom stereocenters. The van der Waals surface area contributed by atoms with Crippen LogP contribution in [0.4, 0.5) is 0 Å². The molecule has 1 aliphatic rings. The van der Waals surface area contributed by atoms with Crippen molar-refractivity contribution >= 4 is 51.5 Å². The lowest BCUT2D eigenvalue weighted by Crippen LogP contribution is -2.47. The van der Waals surface area contributed by atoms with Crippen LogP contribution in [0.15, 0.2) is 4.99 Å². The average Bonchev–Trinajstić information content (AvgIpc) is 2.64. The number of hydrogen-bond acceptors (Lipinski definition) is 4. The van der Waals surface area contributed by atoms with Crippen LogP contribution >= 0.6 is 35.7 Å². The summed E-state index contributed by atoms with van der Waals surface area (Å²) in [6, 6.07) is -0.0152. The molecule has 1 heterocycles. The molecule has 1 fully saturated rings. The zero-order valence-corrected chi connectivity index (χ0v) is 15.9. The van der Waals surface area contributed by atoms with Crippen LogP contribution in [0.5, 0.6) is 0 Å². The van der Waals surface area contributed by atoms with E-state index in [-0.39, 0.29) is 46.3 Å². The van der Waals surface area contributed by atoms with Crippen LogP contribution in [0.3, 0.4) is 0 Å². The fraction of sp³-hybridized carbons (Fsp3) is 0.909. The summed E-state index contributed by atoms with van der Waals surface area (Å²) in [5.74, 6) is 1.16. The second-order valence-electron chi connectivity index (χ2n) is 5.13. The van der Waals surface area contributed by atoms with E-state index in [1.54, 1.807) is 18.8 Å². The monoisotopic (exact) mass is 421 g/mol. The summed E-state index contributed by atoms with van der Waals surface area (Å²) < 4.78 is 22.9. The van der Waals surface area contributed by atoms with Gasteiger partial charge in [-0.3, -0.25) is 4.99 Å². The Bertz CT molecular complexity index is 410. The summed E-state index contributed by atoms with van der Waals surface area (Å²) in [5.41, 5.74) is 0. The number of hydrogen-bond donors (Lipinski definition) is 2. The summed E-state index contributed by atoms with van der Waals surface area (Å²) in [6.45, 7) is 5.09. The van der Waals surface area contributed by atoms with Crippen molar-refractivity contribution in [3.05, 3.63) is 0 Å². The lowest BCUT2D eigenvalue weighted by molar-refractivity contribution is 0.598. The second kappa shape index (κ2) is 7.92. The highest BCUT2D eigenvalue weighted by Crippen LogP contribution is 2.19. The largest absolute Gasteiger partial charge is 0.355 e. The maximum Gasteiger partial charge on any atom is 0.191 e. The molecule has 0 aromatic carbocycles. The highest BCUT2D eigenvalue weighted by atomic mass is 127. The first-order chi connectivity index (χ1) is 8.28. The predicted molar refractivity (Wildman–Crippen MR) is 94.6 cm³/mol. The Morgan fingerprint density at radius 1 is 1.47 bits per heavy atom. The van der Waals surface area contributed by atoms with Crippen LogP contribution in [0.25, 0.3) is 0 Å². The van der Waals surface area contributed by atoms with Gasteiger partial charge in [0.2, 0.25) is 0 Å². The minimum Gasteiger partial charge on any atom is -0.355 e. The van der Waals surface area contributed by atoms with E-state index in [1.165, 1.54) is 0 Å². The van der Waals surface area contributed by atoms with Crippen molar-refractivity contribution in [1.29, 1.82) is 0 Å². The molecule has 0 amide bonds. The minimum atomic E-state index is -2.85. The molecule has 0 aliphatic carbocycles. The molecule has 0 radical (unpaired) electrons. The highest BCUT2D eigenvalue weighted by Gasteiger charge is 2.28. The van der Waals surface area contributed by atoms with Gasteiger partial charge in [0.05, 0.1) is 11.5 Å². The lowest BCUT2D eigenvalue weighted by Gasteiger charge is -2.24. The number of thioether (sulfide) groups is 1. The van der Waals surface area contributed by atoms with E-state index < -0.39 is 9.84 Å². The van der Waals surface area contributed by atoms with Crippen molar-refractivity contribution < 1.29 is 8.42 Å². The first-order valence-electron chi connectivity index (χ1n) is 6.01. The zero-order chi connectivity index (χ0) is 13.8. The van der Waals surface area contributed by atoms with Gasteiger partial charge in [-0.15, -0.1) is 24.0 Å². The van der Waals surface area contributed by atoms with E-state index in [1.807, 2.05) is 0 Å². The van der Waals surface area contributed by atoms with Crippen LogP contribution in [-0.2, 0) is 9.84 Å². The van der Waals surface area contributed by atoms with Crippen LogP contribution in [0, 0.1) is 0 Å². The summed E-state index contributed by atoms with van der Waals surface area (Å²) in [5, 5.41) is 6.41. The van der Waals surface area contributed by atoms with Crippen LogP contribution in [0.1, 0.15) is 20.3 Å². The number of nitrogens with zero attached hydrogens (tertiary/aromatic N) is 1. The van der Waals surface area contributed by atoms with Gasteiger partial charge in [0, 0.05) is 24.4 Å². The summed E-state index contributed by atoms with van der Waals surface area (Å²) >= 11 is 1.78. The minimum absolute atomic E-state index is 0. The standard InChI is InChI=1S/C11H23N3O2S2.HI/c1-11(2,17-4)8-13-10(12-3)14-9-5-6-18(15,16)7-9;/h9H,5-8H2,1-4H3,(H2,12,13,14);1H. The van der Waals surface area contributed by atoms with E-state index >= 15 is 0 Å². The van der Waals surface area contributed by atoms with E-state index in [9.17, 15) is 8.42 Å². The maximum absolute atomic E-state index is 11.4. The molecule has 5 nitrogen and oxygen atoms in total. The van der Waals surface area contributed by atoms with E-state index in [2.05, 4.69) is 35.7 Å². The van der Waals surface area contributed by atoms with Crippen molar-refractivity contribution in [3.63, 3.8) is 0 Å². The summed E-state index contributed by atoms with van der Waals surface area (Å²) in [6.07, 6.45) is 2.73. The molecular formula is C11H24IN3O2S2. The number of nitrogens with one attached hydrogen (secondary N) is 2. The molecular weight excluding hydrogens is 397 g/mol. The number of guanidine groups is 1. The SMILES string of the molecule is CN=C(NCC(C)(C)SC)NC1CCS(=O)(=O)C1.I. The van der Waals surface area contributed by atoms with Crippen LogP contribution < -0.4 is 10.6 Å². The second-order valence-corrected chi connectivity index (χ2v) is 8.88. The van der Waals surface area contributed by atoms with Gasteiger partial charge in [-0.05, 0) is 26.5 Å². The van der Waals surface area contributed by atoms with E-state index in [4.69, 9.17) is 0 Å². The Morgan fingerprint density at radius 2 is 2.11 bits per heavy atom. The molecule has 19 heavy (non-hydrogen) atoms. The molecule has 1 rings (SSSR count). The number of halogens is 1. The molecule has 8 heteroatoms. The van der Waals surface area contributed by atoms with Crippen LogP contribution in [-0.4, -0.2) is 56.5 Å². The average molecular weight is 421 g/mol. The predicted octanol–water partition coefficient (Wildman–Crippen LogP) is 1.10. The van der Waals surface area contributed by atoms with E-state index in [0.717, 1.165) is 6.54 Å². The topological polar surface area (TPSA) is 70.6 Å². The molecule has 1 unspecified atom stereocenters. The molecule has 1 aliphatic heterocycles. The first-order valence-corrected chi connectivity index (χ1v) is 9.05. The first kappa shape index (κ1) is 19.3. The van der Waals surface area contributed by atoms with Gasteiger partial charge in [0.15, 0.2) is 15.8 Å². The molecule has 114 valence electrons. The molecule has 1 saturated heterocycles. The van der Waals surface area contributed by atoms with Gasteiger partial charge < -0.3 is 10.6 Å². The summed E-state index contributed by atoms with van der Waals surface area (Å²) in [7, 11) is -1.15. The molecule has 0 saturated carbocycles. The van der Waals surface area contributed by atoms with Crippen molar-refractivity contribution in [1.82, 2.24) is 10.6 Å². The van der Waals surface area contributed by atoms with Gasteiger partial charge in [-0.1, -0.05) is 0 Å². The fourth-order valence-corrected chi connectivity index (χ4v) is 3.56. The number of rotatable bonds is 4. The van der Waals surface area contributed by atoms with Crippen molar-refractivity contribution in [2.24, 2.45) is 4.99 Å². The molecule has 0 bridgehead atoms. The fourth-order valence-electron chi connectivity index (χ4n) is 1.67. The number of aliphatic imine (C=N–C) groups is 1. The Hall–Kier alpha value is 0.300. The van der Waals surface area contributed by atoms with Crippen molar-refractivity contribution in [2.45, 2.75) is 31.1 Å². The van der Waals surface area contributed by atoms with E-state index in [0.29, 0.717) is 12.4 Å². The van der Waals surface area contributed by atoms with Gasteiger partial charge >= 0.3 is 0 Å². The van der Waals surface area contributed by atoms with Gasteiger partial charge in [-0.25, -0.2) is 8.42 Å². The quantitative estimate of drug-likeness (QED) is 0.404. The Kier molecular flexibility index (Phi) is 8.04. The lowest BCUT2D eigenvalue weighted by atomic mass is 10.2. The Balaban J connectivity index is 0.00000324. The van der Waals surface area contributed by atoms with Gasteiger partial charge in [0.25, 0.3) is 0 Å². The third-order valence-corrected chi connectivity index (χ3v) is 6.05. The third-order valence-electron chi connectivity index (χ3n) is 3.03. The number of sulfone groups is 1. The van der Waals surface area contributed by atoms with Crippen molar-refractivity contribution in [2.75, 3.05) is 31.4 Å². The summed E-state index contributed by atoms with van der Waals surface area (Å²) in [4.78, 5) is 4.13. The smallest absolute Gasteiger partial charge is 0.191 e.